The van der Waals surface area contributed by atoms with E-state index < -0.39 is 10.5 Å². The van der Waals surface area contributed by atoms with Gasteiger partial charge in [0, 0.05) is 12.6 Å². The van der Waals surface area contributed by atoms with Crippen LogP contribution in [0.5, 0.6) is 5.75 Å². The zero-order chi connectivity index (χ0) is 16.9. The topological polar surface area (TPSA) is 72.5 Å². The Labute approximate surface area is 133 Å². The Morgan fingerprint density at radius 1 is 1.00 bits per heavy atom. The molecule has 0 bridgehead atoms. The zero-order valence-corrected chi connectivity index (χ0v) is 13.0. The van der Waals surface area contributed by atoms with Gasteiger partial charge in [-0.1, -0.05) is 40.3 Å². The van der Waals surface area contributed by atoms with E-state index in [4.69, 9.17) is 0 Å². The number of carbonyl (C=O) groups excluding carboxylic acids is 1. The van der Waals surface area contributed by atoms with E-state index in [0.717, 1.165) is 11.1 Å². The van der Waals surface area contributed by atoms with Crippen molar-refractivity contribution in [3.05, 3.63) is 59.7 Å². The monoisotopic (exact) mass is 335 g/mol. The lowest BCUT2D eigenvalue weighted by molar-refractivity contribution is -0.114. The van der Waals surface area contributed by atoms with Gasteiger partial charge < -0.3 is 9.50 Å². The van der Waals surface area contributed by atoms with Crippen LogP contribution in [-0.4, -0.2) is 14.3 Å². The molecule has 0 spiro atoms. The largest absolute Gasteiger partial charge is 0.488 e. The van der Waals surface area contributed by atoms with E-state index in [9.17, 15) is 17.1 Å². The summed E-state index contributed by atoms with van der Waals surface area (Å²) in [5.74, 6) is -0.227. The number of carbonyl (C=O) groups is 1. The molecule has 0 radical (unpaired) electrons. The second-order valence-electron chi connectivity index (χ2n) is 4.68. The maximum absolute atomic E-state index is 12.4. The van der Waals surface area contributed by atoms with Crippen LogP contribution in [0.25, 0.3) is 12.2 Å². The summed E-state index contributed by atoms with van der Waals surface area (Å²) in [7, 11) is -5.01. The van der Waals surface area contributed by atoms with Crippen LogP contribution in [0.4, 0.5) is 9.57 Å². The Balaban J connectivity index is 2.03. The summed E-state index contributed by atoms with van der Waals surface area (Å²) in [6, 6.07) is 13.2. The fourth-order valence-corrected chi connectivity index (χ4v) is 2.16. The molecule has 2 aromatic rings. The summed E-state index contributed by atoms with van der Waals surface area (Å²) in [6.45, 7) is 1.44. The van der Waals surface area contributed by atoms with E-state index in [1.807, 2.05) is 18.2 Å². The van der Waals surface area contributed by atoms with Gasteiger partial charge in [-0.3, -0.25) is 4.79 Å². The molecule has 1 amide bonds. The summed E-state index contributed by atoms with van der Waals surface area (Å²) >= 11 is 0. The van der Waals surface area contributed by atoms with Crippen molar-refractivity contribution < 1.29 is 21.3 Å². The van der Waals surface area contributed by atoms with E-state index in [1.165, 1.54) is 19.1 Å². The molecule has 0 saturated carbocycles. The van der Waals surface area contributed by atoms with Gasteiger partial charge >= 0.3 is 10.5 Å². The van der Waals surface area contributed by atoms with E-state index >= 15 is 0 Å². The lowest BCUT2D eigenvalue weighted by Gasteiger charge is -2.02. The molecule has 1 N–H and O–H groups in total. The van der Waals surface area contributed by atoms with Crippen LogP contribution in [0.2, 0.25) is 0 Å². The van der Waals surface area contributed by atoms with E-state index in [2.05, 4.69) is 9.50 Å². The number of hydrogen-bond acceptors (Lipinski definition) is 4. The second kappa shape index (κ2) is 7.06. The first kappa shape index (κ1) is 16.7. The van der Waals surface area contributed by atoms with Gasteiger partial charge in [-0.25, -0.2) is 0 Å². The molecular weight excluding hydrogens is 321 g/mol. The minimum absolute atomic E-state index is 0.0932. The number of anilines is 1. The Morgan fingerprint density at radius 3 is 1.91 bits per heavy atom. The van der Waals surface area contributed by atoms with Crippen molar-refractivity contribution >= 4 is 34.3 Å². The smallest absolute Gasteiger partial charge is 0.358 e. The van der Waals surface area contributed by atoms with Crippen molar-refractivity contribution in [3.63, 3.8) is 0 Å². The summed E-state index contributed by atoms with van der Waals surface area (Å²) in [5.41, 5.74) is 2.42. The van der Waals surface area contributed by atoms with E-state index in [0.29, 0.717) is 5.69 Å². The van der Waals surface area contributed by atoms with Gasteiger partial charge in [0.2, 0.25) is 5.91 Å². The number of hydrogen-bond donors (Lipinski definition) is 1. The average Bonchev–Trinajstić information content (AvgIpc) is 2.46. The average molecular weight is 335 g/mol. The number of rotatable bonds is 5. The minimum atomic E-state index is -5.01. The summed E-state index contributed by atoms with van der Waals surface area (Å²) in [6.07, 6.45) is 3.65. The third kappa shape index (κ3) is 5.91. The molecule has 0 fully saturated rings. The Bertz CT molecular complexity index is 812. The predicted molar refractivity (Wildman–Crippen MR) is 86.8 cm³/mol. The Morgan fingerprint density at radius 2 is 1.48 bits per heavy atom. The van der Waals surface area contributed by atoms with Crippen molar-refractivity contribution in [1.29, 1.82) is 0 Å². The first-order valence-electron chi connectivity index (χ1n) is 6.62. The van der Waals surface area contributed by atoms with Crippen LogP contribution in [0, 0.1) is 0 Å². The summed E-state index contributed by atoms with van der Waals surface area (Å²) in [4.78, 5) is 10.9. The standard InChI is InChI=1S/C16H14FNO4S/c1-12(19)18-15-8-4-13(5-9-15)2-3-14-6-10-16(11-7-14)22-23(17,20)21/h2-11H,1H3,(H,18,19)/b3-2+. The van der Waals surface area contributed by atoms with Gasteiger partial charge in [-0.15, -0.1) is 0 Å². The highest BCUT2D eigenvalue weighted by atomic mass is 32.3. The highest BCUT2D eigenvalue weighted by molar-refractivity contribution is 7.81. The minimum Gasteiger partial charge on any atom is -0.358 e. The fraction of sp³-hybridized carbons (Fsp3) is 0.0625. The Hall–Kier alpha value is -2.67. The maximum atomic E-state index is 12.4. The molecule has 0 aliphatic carbocycles. The van der Waals surface area contributed by atoms with Gasteiger partial charge in [0.25, 0.3) is 0 Å². The molecule has 0 aliphatic heterocycles. The first-order valence-corrected chi connectivity index (χ1v) is 7.92. The molecule has 0 aromatic heterocycles. The SMILES string of the molecule is CC(=O)Nc1ccc(/C=C/c2ccc(OS(=O)(=O)F)cc2)cc1. The highest BCUT2D eigenvalue weighted by Gasteiger charge is 2.08. The normalized spacial score (nSPS) is 11.4. The van der Waals surface area contributed by atoms with Crippen molar-refractivity contribution in [2.24, 2.45) is 0 Å². The quantitative estimate of drug-likeness (QED) is 0.671. The molecule has 2 aromatic carbocycles. The predicted octanol–water partition coefficient (Wildman–Crippen LogP) is 3.41. The van der Waals surface area contributed by atoms with Crippen LogP contribution < -0.4 is 9.50 Å². The van der Waals surface area contributed by atoms with Crippen molar-refractivity contribution in [2.45, 2.75) is 6.92 Å². The van der Waals surface area contributed by atoms with Crippen LogP contribution in [0.1, 0.15) is 18.1 Å². The molecule has 0 heterocycles. The summed E-state index contributed by atoms with van der Waals surface area (Å²) < 4.78 is 37.2. The molecule has 0 saturated heterocycles. The molecule has 120 valence electrons. The van der Waals surface area contributed by atoms with Gasteiger partial charge in [0.05, 0.1) is 0 Å². The van der Waals surface area contributed by atoms with Crippen LogP contribution in [-0.2, 0) is 15.3 Å². The molecule has 5 nitrogen and oxygen atoms in total. The van der Waals surface area contributed by atoms with Crippen LogP contribution >= 0.6 is 0 Å². The van der Waals surface area contributed by atoms with E-state index in [-0.39, 0.29) is 11.7 Å². The second-order valence-corrected chi connectivity index (χ2v) is 5.63. The molecule has 7 heteroatoms. The van der Waals surface area contributed by atoms with Gasteiger partial charge in [-0.2, -0.15) is 8.42 Å². The molecule has 23 heavy (non-hydrogen) atoms. The number of benzene rings is 2. The number of nitrogens with one attached hydrogen (secondary N) is 1. The number of amides is 1. The third-order valence-corrected chi connectivity index (χ3v) is 3.17. The molecule has 0 atom stereocenters. The fourth-order valence-electron chi connectivity index (χ4n) is 1.82. The van der Waals surface area contributed by atoms with Gasteiger partial charge in [0.1, 0.15) is 5.75 Å². The molecule has 0 unspecified atom stereocenters. The zero-order valence-electron chi connectivity index (χ0n) is 12.2. The van der Waals surface area contributed by atoms with Crippen molar-refractivity contribution in [3.8, 4) is 5.75 Å². The van der Waals surface area contributed by atoms with Crippen molar-refractivity contribution in [1.82, 2.24) is 0 Å². The maximum Gasteiger partial charge on any atom is 0.488 e. The van der Waals surface area contributed by atoms with Crippen LogP contribution in [0.3, 0.4) is 0 Å². The molecule has 0 aliphatic rings. The van der Waals surface area contributed by atoms with Crippen molar-refractivity contribution in [2.75, 3.05) is 5.32 Å². The van der Waals surface area contributed by atoms with E-state index in [1.54, 1.807) is 30.3 Å². The van der Waals surface area contributed by atoms with Gasteiger partial charge in [0.15, 0.2) is 0 Å². The number of halogens is 1. The third-order valence-electron chi connectivity index (χ3n) is 2.78. The highest BCUT2D eigenvalue weighted by Crippen LogP contribution is 2.17. The Kier molecular flexibility index (Phi) is 5.13. The lowest BCUT2D eigenvalue weighted by atomic mass is 10.1. The first-order chi connectivity index (χ1) is 10.8. The molecular formula is C16H14FNO4S. The molecule has 2 rings (SSSR count). The lowest BCUT2D eigenvalue weighted by Crippen LogP contribution is -2.05. The van der Waals surface area contributed by atoms with Gasteiger partial charge in [-0.05, 0) is 35.4 Å². The summed E-state index contributed by atoms with van der Waals surface area (Å²) in [5, 5.41) is 2.67. The van der Waals surface area contributed by atoms with Crippen LogP contribution in [0.15, 0.2) is 48.5 Å².